The molecule has 2 fully saturated rings. The number of piperidine rings is 1. The van der Waals surface area contributed by atoms with Crippen molar-refractivity contribution in [2.45, 2.75) is 50.2 Å². The molecule has 0 aromatic rings. The molecule has 0 spiro atoms. The predicted octanol–water partition coefficient (Wildman–Crippen LogP) is 2.56. The summed E-state index contributed by atoms with van der Waals surface area (Å²) < 4.78 is 0.204. The van der Waals surface area contributed by atoms with E-state index in [4.69, 9.17) is 5.11 Å². The number of thioether (sulfide) groups is 1. The molecule has 0 saturated carbocycles. The molecule has 2 aliphatic heterocycles. The molecule has 5 nitrogen and oxygen atoms in total. The lowest BCUT2D eigenvalue weighted by Gasteiger charge is -2.33. The highest BCUT2D eigenvalue weighted by Crippen LogP contribution is 2.37. The molecule has 2 amide bonds. The maximum absolute atomic E-state index is 12.2. The molecule has 0 radical (unpaired) electrons. The smallest absolute Gasteiger partial charge is 0.317 e. The lowest BCUT2D eigenvalue weighted by atomic mass is 9.92. The number of carboxylic acids is 1. The second-order valence-electron chi connectivity index (χ2n) is 6.42. The van der Waals surface area contributed by atoms with Crippen LogP contribution in [-0.4, -0.2) is 52.1 Å². The van der Waals surface area contributed by atoms with Gasteiger partial charge in [0.25, 0.3) is 0 Å². The van der Waals surface area contributed by atoms with E-state index in [0.717, 1.165) is 38.9 Å². The minimum absolute atomic E-state index is 0.0420. The number of likely N-dealkylation sites (tertiary alicyclic amines) is 1. The minimum Gasteiger partial charge on any atom is -0.481 e. The molecule has 2 heterocycles. The summed E-state index contributed by atoms with van der Waals surface area (Å²) >= 11 is 1.95. The highest BCUT2D eigenvalue weighted by atomic mass is 32.2. The molecule has 0 aliphatic carbocycles. The zero-order valence-corrected chi connectivity index (χ0v) is 13.6. The van der Waals surface area contributed by atoms with Gasteiger partial charge in [0.2, 0.25) is 0 Å². The number of nitrogens with one attached hydrogen (secondary N) is 1. The molecule has 0 aromatic heterocycles. The van der Waals surface area contributed by atoms with Gasteiger partial charge >= 0.3 is 12.0 Å². The van der Waals surface area contributed by atoms with Crippen LogP contribution in [0.1, 0.15) is 45.4 Å². The molecule has 0 aromatic carbocycles. The molecule has 120 valence electrons. The van der Waals surface area contributed by atoms with Gasteiger partial charge in [0.1, 0.15) is 0 Å². The Balaban J connectivity index is 1.67. The number of nitrogens with zero attached hydrogens (tertiary/aromatic N) is 1. The Labute approximate surface area is 130 Å². The fourth-order valence-corrected chi connectivity index (χ4v) is 4.35. The van der Waals surface area contributed by atoms with E-state index in [9.17, 15) is 9.59 Å². The SMILES string of the molecule is CC1(CNC(=O)N2CCC(CCC(=O)O)CC2)CCCS1. The van der Waals surface area contributed by atoms with E-state index in [2.05, 4.69) is 12.2 Å². The fourth-order valence-electron chi connectivity index (χ4n) is 3.10. The van der Waals surface area contributed by atoms with Crippen molar-refractivity contribution >= 4 is 23.8 Å². The lowest BCUT2D eigenvalue weighted by molar-refractivity contribution is -0.137. The van der Waals surface area contributed by atoms with Gasteiger partial charge < -0.3 is 15.3 Å². The van der Waals surface area contributed by atoms with Gasteiger partial charge in [-0.3, -0.25) is 4.79 Å². The van der Waals surface area contributed by atoms with E-state index in [1.165, 1.54) is 18.6 Å². The van der Waals surface area contributed by atoms with Crippen molar-refractivity contribution in [2.75, 3.05) is 25.4 Å². The second kappa shape index (κ2) is 7.38. The van der Waals surface area contributed by atoms with Crippen LogP contribution in [0.2, 0.25) is 0 Å². The number of carbonyl (C=O) groups excluding carboxylic acids is 1. The average molecular weight is 314 g/mol. The maximum Gasteiger partial charge on any atom is 0.317 e. The Hall–Kier alpha value is -0.910. The largest absolute Gasteiger partial charge is 0.481 e. The Morgan fingerprint density at radius 3 is 2.67 bits per heavy atom. The third-order valence-corrected chi connectivity index (χ3v) is 6.12. The standard InChI is InChI=1S/C15H26N2O3S/c1-15(7-2-10-21-15)11-16-14(20)17-8-5-12(6-9-17)3-4-13(18)19/h12H,2-11H2,1H3,(H,16,20)(H,18,19). The van der Waals surface area contributed by atoms with Crippen LogP contribution in [0.15, 0.2) is 0 Å². The molecule has 6 heteroatoms. The van der Waals surface area contributed by atoms with Crippen molar-refractivity contribution in [3.05, 3.63) is 0 Å². The van der Waals surface area contributed by atoms with E-state index >= 15 is 0 Å². The summed E-state index contributed by atoms with van der Waals surface area (Å²) in [5.41, 5.74) is 0. The van der Waals surface area contributed by atoms with Crippen LogP contribution in [-0.2, 0) is 4.79 Å². The van der Waals surface area contributed by atoms with Crippen molar-refractivity contribution in [2.24, 2.45) is 5.92 Å². The average Bonchev–Trinajstić information content (AvgIpc) is 2.90. The maximum atomic E-state index is 12.2. The number of carbonyl (C=O) groups is 2. The number of aliphatic carboxylic acids is 1. The Kier molecular flexibility index (Phi) is 5.79. The topological polar surface area (TPSA) is 69.6 Å². The summed E-state index contributed by atoms with van der Waals surface area (Å²) in [5, 5.41) is 11.8. The van der Waals surface area contributed by atoms with Crippen LogP contribution in [0.3, 0.4) is 0 Å². The van der Waals surface area contributed by atoms with E-state index in [1.807, 2.05) is 16.7 Å². The Bertz CT molecular complexity index is 375. The zero-order chi connectivity index (χ0) is 15.3. The lowest BCUT2D eigenvalue weighted by Crippen LogP contribution is -2.47. The highest BCUT2D eigenvalue weighted by Gasteiger charge is 2.31. The molecular formula is C15H26N2O3S. The van der Waals surface area contributed by atoms with Gasteiger partial charge in [-0.15, -0.1) is 0 Å². The molecule has 2 rings (SSSR count). The number of hydrogen-bond acceptors (Lipinski definition) is 3. The normalized spacial score (nSPS) is 26.8. The quantitative estimate of drug-likeness (QED) is 0.818. The first-order valence-corrected chi connectivity index (χ1v) is 8.86. The third-order valence-electron chi connectivity index (χ3n) is 4.58. The van der Waals surface area contributed by atoms with Crippen LogP contribution < -0.4 is 5.32 Å². The Morgan fingerprint density at radius 1 is 1.38 bits per heavy atom. The van der Waals surface area contributed by atoms with Crippen molar-refractivity contribution in [3.8, 4) is 0 Å². The van der Waals surface area contributed by atoms with Crippen molar-refractivity contribution in [1.82, 2.24) is 10.2 Å². The minimum atomic E-state index is -0.725. The number of hydrogen-bond donors (Lipinski definition) is 2. The molecule has 2 saturated heterocycles. The van der Waals surface area contributed by atoms with Crippen LogP contribution in [0.4, 0.5) is 4.79 Å². The monoisotopic (exact) mass is 314 g/mol. The molecular weight excluding hydrogens is 288 g/mol. The molecule has 21 heavy (non-hydrogen) atoms. The molecule has 0 bridgehead atoms. The molecule has 2 aliphatic rings. The highest BCUT2D eigenvalue weighted by molar-refractivity contribution is 8.00. The molecule has 1 atom stereocenters. The predicted molar refractivity (Wildman–Crippen MR) is 84.7 cm³/mol. The summed E-state index contributed by atoms with van der Waals surface area (Å²) in [6.07, 6.45) is 5.24. The number of amides is 2. The molecule has 1 unspecified atom stereocenters. The summed E-state index contributed by atoms with van der Waals surface area (Å²) in [6.45, 7) is 4.47. The summed E-state index contributed by atoms with van der Waals surface area (Å²) in [4.78, 5) is 24.6. The zero-order valence-electron chi connectivity index (χ0n) is 12.8. The van der Waals surface area contributed by atoms with E-state index in [0.29, 0.717) is 5.92 Å². The van der Waals surface area contributed by atoms with Crippen molar-refractivity contribution in [1.29, 1.82) is 0 Å². The van der Waals surface area contributed by atoms with Crippen LogP contribution >= 0.6 is 11.8 Å². The van der Waals surface area contributed by atoms with Crippen molar-refractivity contribution in [3.63, 3.8) is 0 Å². The van der Waals surface area contributed by atoms with E-state index in [1.54, 1.807) is 0 Å². The third kappa shape index (κ3) is 5.09. The van der Waals surface area contributed by atoms with Crippen molar-refractivity contribution < 1.29 is 14.7 Å². The molecule has 2 N–H and O–H groups in total. The van der Waals surface area contributed by atoms with Crippen LogP contribution in [0.25, 0.3) is 0 Å². The van der Waals surface area contributed by atoms with E-state index < -0.39 is 5.97 Å². The summed E-state index contributed by atoms with van der Waals surface area (Å²) in [7, 11) is 0. The first kappa shape index (κ1) is 16.5. The van der Waals surface area contributed by atoms with Gasteiger partial charge in [0, 0.05) is 30.8 Å². The first-order valence-electron chi connectivity index (χ1n) is 7.87. The summed E-state index contributed by atoms with van der Waals surface area (Å²) in [6, 6.07) is 0.0420. The van der Waals surface area contributed by atoms with E-state index in [-0.39, 0.29) is 17.2 Å². The number of rotatable bonds is 5. The fraction of sp³-hybridized carbons (Fsp3) is 0.867. The number of carboxylic acid groups (broad SMARTS) is 1. The second-order valence-corrected chi connectivity index (χ2v) is 8.11. The van der Waals surface area contributed by atoms with Gasteiger partial charge in [0.15, 0.2) is 0 Å². The van der Waals surface area contributed by atoms with Gasteiger partial charge in [0.05, 0.1) is 0 Å². The van der Waals surface area contributed by atoms with Crippen LogP contribution in [0.5, 0.6) is 0 Å². The number of urea groups is 1. The first-order chi connectivity index (χ1) is 9.98. The van der Waals surface area contributed by atoms with Gasteiger partial charge in [-0.1, -0.05) is 0 Å². The van der Waals surface area contributed by atoms with Crippen LogP contribution in [0, 0.1) is 5.92 Å². The van der Waals surface area contributed by atoms with Gasteiger partial charge in [-0.05, 0) is 50.7 Å². The Morgan fingerprint density at radius 2 is 2.10 bits per heavy atom. The van der Waals surface area contributed by atoms with Gasteiger partial charge in [-0.2, -0.15) is 11.8 Å². The van der Waals surface area contributed by atoms with Gasteiger partial charge in [-0.25, -0.2) is 4.79 Å². The summed E-state index contributed by atoms with van der Waals surface area (Å²) in [5.74, 6) is 0.923.